The van der Waals surface area contributed by atoms with E-state index >= 15 is 0 Å². The van der Waals surface area contributed by atoms with Crippen LogP contribution in [0, 0.1) is 0 Å². The number of allylic oxidation sites excluding steroid dienone is 1. The fourth-order valence-electron chi connectivity index (χ4n) is 1.31. The van der Waals surface area contributed by atoms with Gasteiger partial charge in [-0.05, 0) is 19.8 Å². The van der Waals surface area contributed by atoms with Crippen LogP contribution in [0.25, 0.3) is 0 Å². The average molecular weight is 137 g/mol. The van der Waals surface area contributed by atoms with Crippen LogP contribution in [-0.2, 0) is 0 Å². The number of hydrogen-bond donors (Lipinski definition) is 0. The molecule has 10 heavy (non-hydrogen) atoms. The zero-order valence-corrected chi connectivity index (χ0v) is 6.69. The quantitative estimate of drug-likeness (QED) is 0.527. The molecule has 0 bridgehead atoms. The molecule has 0 unspecified atom stereocenters. The minimum absolute atomic E-state index is 0.999. The summed E-state index contributed by atoms with van der Waals surface area (Å²) >= 11 is 0. The van der Waals surface area contributed by atoms with Gasteiger partial charge in [-0.1, -0.05) is 18.7 Å². The molecule has 0 N–H and O–H groups in total. The first-order chi connectivity index (χ1) is 4.70. The summed E-state index contributed by atoms with van der Waals surface area (Å²) in [5.41, 5.74) is 2.51. The van der Waals surface area contributed by atoms with Crippen LogP contribution in [0.4, 0.5) is 0 Å². The molecule has 1 aliphatic heterocycles. The molecule has 0 amide bonds. The molecule has 1 heterocycles. The lowest BCUT2D eigenvalue weighted by Gasteiger charge is -2.18. The normalized spacial score (nSPS) is 18.1. The van der Waals surface area contributed by atoms with Crippen molar-refractivity contribution in [2.24, 2.45) is 0 Å². The third-order valence-electron chi connectivity index (χ3n) is 1.80. The molecule has 1 nitrogen and oxygen atoms in total. The van der Waals surface area contributed by atoms with Crippen molar-refractivity contribution in [3.8, 4) is 0 Å². The van der Waals surface area contributed by atoms with E-state index in [0.717, 1.165) is 6.54 Å². The zero-order valence-electron chi connectivity index (χ0n) is 6.69. The maximum Gasteiger partial charge on any atom is 0.0380 e. The van der Waals surface area contributed by atoms with Crippen molar-refractivity contribution in [3.05, 3.63) is 24.4 Å². The van der Waals surface area contributed by atoms with E-state index in [1.54, 1.807) is 0 Å². The van der Waals surface area contributed by atoms with Crippen molar-refractivity contribution >= 4 is 0 Å². The highest BCUT2D eigenvalue weighted by atomic mass is 15.1. The molecule has 0 radical (unpaired) electrons. The van der Waals surface area contributed by atoms with Crippen molar-refractivity contribution in [1.82, 2.24) is 4.90 Å². The summed E-state index contributed by atoms with van der Waals surface area (Å²) in [7, 11) is 0. The number of hydrogen-bond acceptors (Lipinski definition) is 1. The third kappa shape index (κ3) is 1.63. The second kappa shape index (κ2) is 2.91. The average Bonchev–Trinajstić information content (AvgIpc) is 2.15. The van der Waals surface area contributed by atoms with Gasteiger partial charge in [-0.25, -0.2) is 0 Å². The lowest BCUT2D eigenvalue weighted by atomic mass is 10.3. The second-order valence-electron chi connectivity index (χ2n) is 3.05. The Balaban J connectivity index is 2.40. The van der Waals surface area contributed by atoms with Gasteiger partial charge in [0.05, 0.1) is 0 Å². The fraction of sp³-hybridized carbons (Fsp3) is 0.556. The first-order valence-corrected chi connectivity index (χ1v) is 3.77. The van der Waals surface area contributed by atoms with Gasteiger partial charge in [0.25, 0.3) is 0 Å². The molecule has 1 heteroatoms. The molecule has 1 fully saturated rings. The van der Waals surface area contributed by atoms with Gasteiger partial charge in [0.2, 0.25) is 0 Å². The van der Waals surface area contributed by atoms with Crippen LogP contribution >= 0.6 is 0 Å². The molecule has 0 aromatic heterocycles. The van der Waals surface area contributed by atoms with Gasteiger partial charge >= 0.3 is 0 Å². The second-order valence-corrected chi connectivity index (χ2v) is 3.05. The van der Waals surface area contributed by atoms with E-state index in [2.05, 4.69) is 25.0 Å². The van der Waals surface area contributed by atoms with Gasteiger partial charge in [-0.15, -0.1) is 0 Å². The minimum atomic E-state index is 0.999. The Morgan fingerprint density at radius 1 is 1.70 bits per heavy atom. The lowest BCUT2D eigenvalue weighted by molar-refractivity contribution is 0.428. The summed E-state index contributed by atoms with van der Waals surface area (Å²) in [4.78, 5) is 2.31. The van der Waals surface area contributed by atoms with Gasteiger partial charge in [-0.2, -0.15) is 0 Å². The molecule has 0 saturated carbocycles. The summed E-state index contributed by atoms with van der Waals surface area (Å²) in [5.74, 6) is 0. The Morgan fingerprint density at radius 3 is 2.80 bits per heavy atom. The Bertz CT molecular complexity index is 158. The van der Waals surface area contributed by atoms with E-state index in [9.17, 15) is 0 Å². The first kappa shape index (κ1) is 7.39. The van der Waals surface area contributed by atoms with Crippen LogP contribution in [0.3, 0.4) is 0 Å². The number of rotatable bonds is 2. The van der Waals surface area contributed by atoms with Crippen LogP contribution in [0.15, 0.2) is 24.4 Å². The van der Waals surface area contributed by atoms with E-state index in [-0.39, 0.29) is 0 Å². The van der Waals surface area contributed by atoms with Crippen LogP contribution in [0.2, 0.25) is 0 Å². The summed E-state index contributed by atoms with van der Waals surface area (Å²) in [6.45, 7) is 12.1. The number of nitrogens with zero attached hydrogens (tertiary/aromatic N) is 1. The molecule has 1 saturated heterocycles. The highest BCUT2D eigenvalue weighted by molar-refractivity contribution is 5.05. The van der Waals surface area contributed by atoms with Gasteiger partial charge in [0.15, 0.2) is 0 Å². The highest BCUT2D eigenvalue weighted by Gasteiger charge is 2.13. The zero-order chi connectivity index (χ0) is 7.56. The van der Waals surface area contributed by atoms with Crippen molar-refractivity contribution in [3.63, 3.8) is 0 Å². The van der Waals surface area contributed by atoms with Gasteiger partial charge in [-0.3, -0.25) is 0 Å². The monoisotopic (exact) mass is 137 g/mol. The van der Waals surface area contributed by atoms with E-state index in [1.807, 2.05) is 0 Å². The van der Waals surface area contributed by atoms with Crippen molar-refractivity contribution in [1.29, 1.82) is 0 Å². The fourth-order valence-corrected chi connectivity index (χ4v) is 1.31. The largest absolute Gasteiger partial charge is 0.371 e. The van der Waals surface area contributed by atoms with E-state index in [0.29, 0.717) is 0 Å². The molecule has 0 aromatic carbocycles. The summed E-state index contributed by atoms with van der Waals surface area (Å²) in [5, 5.41) is 0. The molecule has 0 aromatic rings. The van der Waals surface area contributed by atoms with E-state index < -0.39 is 0 Å². The highest BCUT2D eigenvalue weighted by Crippen LogP contribution is 2.19. The van der Waals surface area contributed by atoms with Gasteiger partial charge in [0, 0.05) is 18.8 Å². The Morgan fingerprint density at radius 2 is 2.40 bits per heavy atom. The molecular weight excluding hydrogens is 122 g/mol. The SMILES string of the molecule is C=C(C)CN1CCCC1=C. The van der Waals surface area contributed by atoms with Crippen LogP contribution in [-0.4, -0.2) is 18.0 Å². The molecule has 1 aliphatic rings. The van der Waals surface area contributed by atoms with Crippen LogP contribution < -0.4 is 0 Å². The Kier molecular flexibility index (Phi) is 2.15. The summed E-state index contributed by atoms with van der Waals surface area (Å²) < 4.78 is 0. The molecule has 0 atom stereocenters. The van der Waals surface area contributed by atoms with Crippen molar-refractivity contribution in [2.75, 3.05) is 13.1 Å². The molecule has 1 rings (SSSR count). The summed E-state index contributed by atoms with van der Waals surface area (Å²) in [6, 6.07) is 0. The lowest BCUT2D eigenvalue weighted by Crippen LogP contribution is -2.18. The molecule has 0 aliphatic carbocycles. The minimum Gasteiger partial charge on any atom is -0.371 e. The van der Waals surface area contributed by atoms with Crippen LogP contribution in [0.5, 0.6) is 0 Å². The van der Waals surface area contributed by atoms with Gasteiger partial charge < -0.3 is 4.90 Å². The maximum atomic E-state index is 3.97. The Hall–Kier alpha value is -0.720. The Labute approximate surface area is 63.0 Å². The molecule has 56 valence electrons. The molecule has 0 spiro atoms. The van der Waals surface area contributed by atoms with Crippen molar-refractivity contribution in [2.45, 2.75) is 19.8 Å². The molecular formula is C9H15N. The van der Waals surface area contributed by atoms with Crippen molar-refractivity contribution < 1.29 is 0 Å². The predicted molar refractivity (Wildman–Crippen MR) is 44.8 cm³/mol. The third-order valence-corrected chi connectivity index (χ3v) is 1.80. The van der Waals surface area contributed by atoms with Crippen LogP contribution in [0.1, 0.15) is 19.8 Å². The maximum absolute atomic E-state index is 3.97. The first-order valence-electron chi connectivity index (χ1n) is 3.77. The number of likely N-dealkylation sites (tertiary alicyclic amines) is 1. The predicted octanol–water partition coefficient (Wildman–Crippen LogP) is 2.17. The van der Waals surface area contributed by atoms with E-state index in [1.165, 1.54) is 30.7 Å². The summed E-state index contributed by atoms with van der Waals surface area (Å²) in [6.07, 6.45) is 2.44. The smallest absolute Gasteiger partial charge is 0.0380 e. The topological polar surface area (TPSA) is 3.24 Å². The van der Waals surface area contributed by atoms with Gasteiger partial charge in [0.1, 0.15) is 0 Å². The van der Waals surface area contributed by atoms with E-state index in [4.69, 9.17) is 0 Å². The standard InChI is InChI=1S/C9H15N/c1-8(2)7-10-6-4-5-9(10)3/h1,3-7H2,2H3.